The molecule has 0 spiro atoms. The lowest BCUT2D eigenvalue weighted by Gasteiger charge is -2.16. The van der Waals surface area contributed by atoms with Crippen LogP contribution in [0.15, 0.2) is 36.5 Å². The molecule has 0 saturated carbocycles. The van der Waals surface area contributed by atoms with E-state index in [9.17, 15) is 5.11 Å². The van der Waals surface area contributed by atoms with Crippen LogP contribution in [0.5, 0.6) is 0 Å². The van der Waals surface area contributed by atoms with Crippen LogP contribution in [0.3, 0.4) is 0 Å². The number of hydrogen-bond donors (Lipinski definition) is 1. The van der Waals surface area contributed by atoms with Crippen LogP contribution in [0.2, 0.25) is 0 Å². The van der Waals surface area contributed by atoms with Crippen molar-refractivity contribution in [3.63, 3.8) is 0 Å². The molecule has 0 radical (unpaired) electrons. The van der Waals surface area contributed by atoms with Crippen LogP contribution in [-0.2, 0) is 0 Å². The Kier molecular flexibility index (Phi) is 2.13. The van der Waals surface area contributed by atoms with Gasteiger partial charge in [-0.15, -0.1) is 0 Å². The van der Waals surface area contributed by atoms with Gasteiger partial charge in [0.05, 0.1) is 6.10 Å². The van der Waals surface area contributed by atoms with E-state index in [4.69, 9.17) is 0 Å². The zero-order valence-electron chi connectivity index (χ0n) is 7.06. The van der Waals surface area contributed by atoms with Gasteiger partial charge in [0, 0.05) is 5.92 Å². The second-order valence-electron chi connectivity index (χ2n) is 3.58. The molecule has 0 aromatic carbocycles. The van der Waals surface area contributed by atoms with E-state index in [1.807, 2.05) is 12.2 Å². The van der Waals surface area contributed by atoms with Crippen LogP contribution >= 0.6 is 0 Å². The smallest absolute Gasteiger partial charge is 0.0783 e. The molecule has 3 atom stereocenters. The molecule has 0 unspecified atom stereocenters. The highest BCUT2D eigenvalue weighted by Gasteiger charge is 2.21. The summed E-state index contributed by atoms with van der Waals surface area (Å²) < 4.78 is 0. The minimum Gasteiger partial charge on any atom is -0.388 e. The number of hydrogen-bond acceptors (Lipinski definition) is 1. The first-order valence-corrected chi connectivity index (χ1v) is 4.56. The Morgan fingerprint density at radius 1 is 1.08 bits per heavy atom. The molecule has 12 heavy (non-hydrogen) atoms. The summed E-state index contributed by atoms with van der Waals surface area (Å²) in [6.07, 6.45) is 14.4. The molecular formula is C11H14O. The van der Waals surface area contributed by atoms with Crippen LogP contribution < -0.4 is 0 Å². The third kappa shape index (κ3) is 1.51. The highest BCUT2D eigenvalue weighted by Crippen LogP contribution is 2.27. The van der Waals surface area contributed by atoms with Crippen molar-refractivity contribution < 1.29 is 5.11 Å². The number of aliphatic hydroxyl groups excluding tert-OH is 1. The molecule has 2 bridgehead atoms. The van der Waals surface area contributed by atoms with Gasteiger partial charge in [-0.05, 0) is 18.8 Å². The predicted molar refractivity (Wildman–Crippen MR) is 49.6 cm³/mol. The molecular weight excluding hydrogens is 148 g/mol. The third-order valence-corrected chi connectivity index (χ3v) is 2.64. The Hall–Kier alpha value is -0.820. The monoisotopic (exact) mass is 162 g/mol. The van der Waals surface area contributed by atoms with Gasteiger partial charge in [-0.1, -0.05) is 36.5 Å². The van der Waals surface area contributed by atoms with Crippen molar-refractivity contribution in [3.8, 4) is 0 Å². The molecule has 0 amide bonds. The topological polar surface area (TPSA) is 20.2 Å². The van der Waals surface area contributed by atoms with E-state index in [0.29, 0.717) is 11.8 Å². The molecule has 1 N–H and O–H groups in total. The molecule has 2 rings (SSSR count). The summed E-state index contributed by atoms with van der Waals surface area (Å²) >= 11 is 0. The van der Waals surface area contributed by atoms with Gasteiger partial charge >= 0.3 is 0 Å². The molecule has 0 aromatic rings. The van der Waals surface area contributed by atoms with Gasteiger partial charge in [0.1, 0.15) is 0 Å². The van der Waals surface area contributed by atoms with Crippen molar-refractivity contribution in [2.75, 3.05) is 0 Å². The standard InChI is InChI=1S/C11H14O/c12-11-7-3-5-9-4-1-2-6-10(11)8-9/h1-4,6-7,9-12H,5,8H2/t9-,10-,11-/m0/s1. The van der Waals surface area contributed by atoms with Gasteiger partial charge in [0.25, 0.3) is 0 Å². The Morgan fingerprint density at radius 3 is 2.83 bits per heavy atom. The van der Waals surface area contributed by atoms with E-state index in [2.05, 4.69) is 24.3 Å². The highest BCUT2D eigenvalue weighted by molar-refractivity contribution is 5.15. The average Bonchev–Trinajstić information content (AvgIpc) is 2.38. The summed E-state index contributed by atoms with van der Waals surface area (Å²) in [7, 11) is 0. The van der Waals surface area contributed by atoms with Crippen LogP contribution in [0.4, 0.5) is 0 Å². The molecule has 1 nitrogen and oxygen atoms in total. The molecule has 0 aromatic heterocycles. The van der Waals surface area contributed by atoms with E-state index in [0.717, 1.165) is 12.8 Å². The summed E-state index contributed by atoms with van der Waals surface area (Å²) in [6, 6.07) is 0. The van der Waals surface area contributed by atoms with Crippen molar-refractivity contribution in [2.45, 2.75) is 18.9 Å². The number of allylic oxidation sites excluding steroid dienone is 4. The zero-order chi connectivity index (χ0) is 8.39. The van der Waals surface area contributed by atoms with Gasteiger partial charge in [-0.25, -0.2) is 0 Å². The van der Waals surface area contributed by atoms with Gasteiger partial charge in [0.15, 0.2) is 0 Å². The molecule has 0 heterocycles. The molecule has 2 aliphatic carbocycles. The summed E-state index contributed by atoms with van der Waals surface area (Å²) in [4.78, 5) is 0. The second kappa shape index (κ2) is 3.28. The Bertz CT molecular complexity index is 237. The van der Waals surface area contributed by atoms with Crippen LogP contribution in [0.1, 0.15) is 12.8 Å². The molecule has 1 heteroatoms. The first kappa shape index (κ1) is 7.81. The Balaban J connectivity index is 2.23. The minimum atomic E-state index is -0.272. The quantitative estimate of drug-likeness (QED) is 0.540. The molecule has 0 fully saturated rings. The van der Waals surface area contributed by atoms with Gasteiger partial charge in [-0.2, -0.15) is 0 Å². The summed E-state index contributed by atoms with van der Waals surface area (Å²) in [5, 5.41) is 9.66. The number of fused-ring (bicyclic) bond motifs is 2. The fraction of sp³-hybridized carbons (Fsp3) is 0.455. The normalized spacial score (nSPS) is 39.2. The van der Waals surface area contributed by atoms with Gasteiger partial charge in [-0.3, -0.25) is 0 Å². The maximum atomic E-state index is 9.66. The Morgan fingerprint density at radius 2 is 1.92 bits per heavy atom. The van der Waals surface area contributed by atoms with E-state index in [1.165, 1.54) is 0 Å². The van der Waals surface area contributed by atoms with Crippen molar-refractivity contribution in [2.24, 2.45) is 11.8 Å². The maximum absolute atomic E-state index is 9.66. The Labute approximate surface area is 73.1 Å². The molecule has 0 aliphatic heterocycles. The fourth-order valence-electron chi connectivity index (χ4n) is 1.90. The van der Waals surface area contributed by atoms with E-state index < -0.39 is 0 Å². The molecule has 2 aliphatic rings. The molecule has 0 saturated heterocycles. The first-order valence-electron chi connectivity index (χ1n) is 4.56. The minimum absolute atomic E-state index is 0.272. The first-order chi connectivity index (χ1) is 5.86. The highest BCUT2D eigenvalue weighted by atomic mass is 16.3. The van der Waals surface area contributed by atoms with Crippen molar-refractivity contribution in [1.29, 1.82) is 0 Å². The lowest BCUT2D eigenvalue weighted by molar-refractivity contribution is 0.169. The van der Waals surface area contributed by atoms with Crippen LogP contribution in [0, 0.1) is 11.8 Å². The van der Waals surface area contributed by atoms with E-state index in [-0.39, 0.29) is 6.10 Å². The summed E-state index contributed by atoms with van der Waals surface area (Å²) in [5.41, 5.74) is 0. The van der Waals surface area contributed by atoms with Crippen molar-refractivity contribution >= 4 is 0 Å². The lowest BCUT2D eigenvalue weighted by atomic mass is 9.92. The SMILES string of the molecule is O[C@H]1C=CC[C@@H]2C=CC=C[C@H]1C2. The van der Waals surface area contributed by atoms with Crippen molar-refractivity contribution in [1.82, 2.24) is 0 Å². The van der Waals surface area contributed by atoms with E-state index in [1.54, 1.807) is 0 Å². The fourth-order valence-corrected chi connectivity index (χ4v) is 1.90. The predicted octanol–water partition coefficient (Wildman–Crippen LogP) is 2.06. The van der Waals surface area contributed by atoms with Gasteiger partial charge in [0.2, 0.25) is 0 Å². The second-order valence-corrected chi connectivity index (χ2v) is 3.58. The molecule has 64 valence electrons. The van der Waals surface area contributed by atoms with Crippen LogP contribution in [0.25, 0.3) is 0 Å². The van der Waals surface area contributed by atoms with E-state index >= 15 is 0 Å². The van der Waals surface area contributed by atoms with Crippen molar-refractivity contribution in [3.05, 3.63) is 36.5 Å². The van der Waals surface area contributed by atoms with Crippen LogP contribution in [-0.4, -0.2) is 11.2 Å². The average molecular weight is 162 g/mol. The maximum Gasteiger partial charge on any atom is 0.0783 e. The number of rotatable bonds is 0. The zero-order valence-corrected chi connectivity index (χ0v) is 7.06. The lowest BCUT2D eigenvalue weighted by Crippen LogP contribution is -2.16. The summed E-state index contributed by atoms with van der Waals surface area (Å²) in [6.45, 7) is 0. The largest absolute Gasteiger partial charge is 0.388 e. The third-order valence-electron chi connectivity index (χ3n) is 2.64. The summed E-state index contributed by atoms with van der Waals surface area (Å²) in [5.74, 6) is 0.946. The van der Waals surface area contributed by atoms with Gasteiger partial charge < -0.3 is 5.11 Å². The number of aliphatic hydroxyl groups is 1.